The monoisotopic (exact) mass is 478 g/mol. The standard InChI is InChI=1S/C26H27FN4O4/c1-30(2)20-9-6-17(7-10-20)15-31(35)16-19-4-3-5-21(27)25(19)22(31)11-13-24(32)29-23-12-8-18(14-28-23)26(33)34/h3-10,12,14,22H,11,13,15-16H2,1-2H3,(H,33,34)(H,28,29,32). The fourth-order valence-corrected chi connectivity index (χ4v) is 4.55. The van der Waals surface area contributed by atoms with Gasteiger partial charge >= 0.3 is 5.97 Å². The van der Waals surface area contributed by atoms with E-state index in [0.717, 1.165) is 17.4 Å². The number of nitrogens with one attached hydrogen (secondary N) is 1. The van der Waals surface area contributed by atoms with Gasteiger partial charge in [0.2, 0.25) is 5.91 Å². The predicted molar refractivity (Wildman–Crippen MR) is 130 cm³/mol. The summed E-state index contributed by atoms with van der Waals surface area (Å²) >= 11 is 0. The Balaban J connectivity index is 1.50. The van der Waals surface area contributed by atoms with Crippen LogP contribution in [0.5, 0.6) is 0 Å². The lowest BCUT2D eigenvalue weighted by molar-refractivity contribution is -0.930. The summed E-state index contributed by atoms with van der Waals surface area (Å²) in [7, 11) is 3.88. The molecule has 1 aromatic heterocycles. The molecule has 2 heterocycles. The Kier molecular flexibility index (Phi) is 6.81. The van der Waals surface area contributed by atoms with Gasteiger partial charge in [-0.2, -0.15) is 0 Å². The molecule has 2 aromatic carbocycles. The minimum absolute atomic E-state index is 0.00749. The number of hydrogen-bond donors (Lipinski definition) is 2. The second-order valence-electron chi connectivity index (χ2n) is 8.98. The summed E-state index contributed by atoms with van der Waals surface area (Å²) in [5, 5.41) is 25.6. The van der Waals surface area contributed by atoms with Gasteiger partial charge in [-0.25, -0.2) is 14.2 Å². The number of amides is 1. The highest BCUT2D eigenvalue weighted by molar-refractivity contribution is 5.91. The fourth-order valence-electron chi connectivity index (χ4n) is 4.55. The molecule has 2 N–H and O–H groups in total. The van der Waals surface area contributed by atoms with Gasteiger partial charge in [-0.3, -0.25) is 4.79 Å². The van der Waals surface area contributed by atoms with Crippen LogP contribution in [-0.2, 0) is 17.9 Å². The van der Waals surface area contributed by atoms with Crippen molar-refractivity contribution in [2.45, 2.75) is 32.0 Å². The topological polar surface area (TPSA) is 106 Å². The van der Waals surface area contributed by atoms with E-state index in [9.17, 15) is 19.2 Å². The Bertz CT molecular complexity index is 1230. The first-order chi connectivity index (χ1) is 16.7. The summed E-state index contributed by atoms with van der Waals surface area (Å²) in [6.45, 7) is 0.291. The zero-order valence-corrected chi connectivity index (χ0v) is 19.6. The SMILES string of the molecule is CN(C)c1ccc(C[N+]2([O-])Cc3cccc(F)c3C2CCC(=O)Nc2ccc(C(=O)O)cn2)cc1. The van der Waals surface area contributed by atoms with Crippen LogP contribution in [0.25, 0.3) is 0 Å². The molecule has 8 nitrogen and oxygen atoms in total. The highest BCUT2D eigenvalue weighted by atomic mass is 19.1. The number of carboxylic acids is 1. The number of hydrogen-bond acceptors (Lipinski definition) is 5. The molecule has 2 unspecified atom stereocenters. The van der Waals surface area contributed by atoms with Gasteiger partial charge in [0.05, 0.1) is 11.1 Å². The summed E-state index contributed by atoms with van der Waals surface area (Å²) in [6.07, 6.45) is 1.30. The van der Waals surface area contributed by atoms with Crippen LogP contribution >= 0.6 is 0 Å². The van der Waals surface area contributed by atoms with Gasteiger partial charge in [0.25, 0.3) is 0 Å². The number of halogens is 1. The molecule has 3 aromatic rings. The number of hydroxylamine groups is 3. The number of rotatable bonds is 8. The first-order valence-electron chi connectivity index (χ1n) is 11.3. The minimum Gasteiger partial charge on any atom is -0.632 e. The molecule has 0 bridgehead atoms. The van der Waals surface area contributed by atoms with Gasteiger partial charge in [-0.05, 0) is 30.3 Å². The van der Waals surface area contributed by atoms with Crippen molar-refractivity contribution >= 4 is 23.4 Å². The third-order valence-electron chi connectivity index (χ3n) is 6.31. The van der Waals surface area contributed by atoms with Gasteiger partial charge < -0.3 is 25.2 Å². The Morgan fingerprint density at radius 1 is 1.17 bits per heavy atom. The van der Waals surface area contributed by atoms with Gasteiger partial charge in [-0.1, -0.05) is 24.3 Å². The van der Waals surface area contributed by atoms with E-state index in [1.165, 1.54) is 18.2 Å². The molecule has 2 atom stereocenters. The van der Waals surface area contributed by atoms with Crippen molar-refractivity contribution in [3.63, 3.8) is 0 Å². The maximum atomic E-state index is 14.8. The lowest BCUT2D eigenvalue weighted by atomic mass is 9.99. The summed E-state index contributed by atoms with van der Waals surface area (Å²) in [6, 6.07) is 14.4. The fraction of sp³-hybridized carbons (Fsp3) is 0.269. The molecular weight excluding hydrogens is 451 g/mol. The zero-order chi connectivity index (χ0) is 25.2. The molecule has 0 saturated heterocycles. The van der Waals surface area contributed by atoms with E-state index in [0.29, 0.717) is 11.1 Å². The Labute approximate surface area is 202 Å². The van der Waals surface area contributed by atoms with E-state index in [-0.39, 0.29) is 43.2 Å². The molecule has 182 valence electrons. The van der Waals surface area contributed by atoms with Crippen LogP contribution in [0, 0.1) is 11.0 Å². The van der Waals surface area contributed by atoms with E-state index in [2.05, 4.69) is 10.3 Å². The van der Waals surface area contributed by atoms with Crippen LogP contribution in [0.1, 0.15) is 45.9 Å². The average Bonchev–Trinajstić information content (AvgIpc) is 3.10. The second kappa shape index (κ2) is 9.81. The Morgan fingerprint density at radius 3 is 2.54 bits per heavy atom. The molecule has 0 radical (unpaired) electrons. The van der Waals surface area contributed by atoms with E-state index in [1.54, 1.807) is 12.1 Å². The predicted octanol–water partition coefficient (Wildman–Crippen LogP) is 4.47. The molecule has 35 heavy (non-hydrogen) atoms. The summed E-state index contributed by atoms with van der Waals surface area (Å²) in [5.74, 6) is -1.72. The summed E-state index contributed by atoms with van der Waals surface area (Å²) in [4.78, 5) is 29.4. The Morgan fingerprint density at radius 2 is 1.91 bits per heavy atom. The largest absolute Gasteiger partial charge is 0.632 e. The molecule has 0 saturated carbocycles. The first-order valence-corrected chi connectivity index (χ1v) is 11.3. The van der Waals surface area contributed by atoms with Crippen LogP contribution < -0.4 is 10.2 Å². The number of pyridine rings is 1. The molecule has 0 aliphatic carbocycles. The van der Waals surface area contributed by atoms with Crippen LogP contribution in [0.4, 0.5) is 15.9 Å². The normalized spacial score (nSPS) is 18.7. The van der Waals surface area contributed by atoms with Crippen LogP contribution in [0.3, 0.4) is 0 Å². The minimum atomic E-state index is -1.11. The number of nitrogens with zero attached hydrogens (tertiary/aromatic N) is 3. The number of benzene rings is 2. The summed E-state index contributed by atoms with van der Waals surface area (Å²) < 4.78 is 14.2. The number of quaternary nitrogens is 1. The molecule has 0 spiro atoms. The maximum Gasteiger partial charge on any atom is 0.337 e. The molecule has 1 amide bonds. The summed E-state index contributed by atoms with van der Waals surface area (Å²) in [5.41, 5.74) is 2.91. The number of carboxylic acid groups (broad SMARTS) is 1. The molecular formula is C26H27FN4O4. The third-order valence-corrected chi connectivity index (χ3v) is 6.31. The number of fused-ring (bicyclic) bond motifs is 1. The van der Waals surface area contributed by atoms with Crippen LogP contribution in [0.2, 0.25) is 0 Å². The number of aromatic carboxylic acids is 1. The number of aromatic nitrogens is 1. The van der Waals surface area contributed by atoms with Crippen molar-refractivity contribution in [2.75, 3.05) is 24.3 Å². The molecule has 9 heteroatoms. The quantitative estimate of drug-likeness (QED) is 0.366. The van der Waals surface area contributed by atoms with Crippen LogP contribution in [-0.4, -0.2) is 40.7 Å². The van der Waals surface area contributed by atoms with Gasteiger partial charge in [0.15, 0.2) is 0 Å². The van der Waals surface area contributed by atoms with E-state index in [1.807, 2.05) is 43.3 Å². The molecule has 1 aliphatic rings. The zero-order valence-electron chi connectivity index (χ0n) is 19.6. The van der Waals surface area contributed by atoms with Crippen molar-refractivity contribution in [1.29, 1.82) is 0 Å². The average molecular weight is 479 g/mol. The second-order valence-corrected chi connectivity index (χ2v) is 8.98. The Hall–Kier alpha value is -3.82. The van der Waals surface area contributed by atoms with Crippen molar-refractivity contribution in [3.8, 4) is 0 Å². The molecule has 1 aliphatic heterocycles. The van der Waals surface area contributed by atoms with E-state index >= 15 is 0 Å². The lowest BCUT2D eigenvalue weighted by Crippen LogP contribution is -2.40. The van der Waals surface area contributed by atoms with E-state index in [4.69, 9.17) is 5.11 Å². The third kappa shape index (κ3) is 5.31. The maximum absolute atomic E-state index is 14.8. The van der Waals surface area contributed by atoms with E-state index < -0.39 is 22.5 Å². The lowest BCUT2D eigenvalue weighted by Gasteiger charge is -2.44. The van der Waals surface area contributed by atoms with Crippen molar-refractivity contribution in [1.82, 2.24) is 4.98 Å². The number of carbonyl (C=O) groups excluding carboxylic acids is 1. The number of carbonyl (C=O) groups is 2. The first kappa shape index (κ1) is 24.3. The smallest absolute Gasteiger partial charge is 0.337 e. The van der Waals surface area contributed by atoms with Crippen molar-refractivity contribution in [2.24, 2.45) is 0 Å². The van der Waals surface area contributed by atoms with Gasteiger partial charge in [-0.15, -0.1) is 0 Å². The van der Waals surface area contributed by atoms with Crippen molar-refractivity contribution < 1.29 is 23.7 Å². The highest BCUT2D eigenvalue weighted by Gasteiger charge is 2.41. The van der Waals surface area contributed by atoms with Gasteiger partial charge in [0.1, 0.15) is 30.8 Å². The van der Waals surface area contributed by atoms with Crippen molar-refractivity contribution in [3.05, 3.63) is 94.1 Å². The van der Waals surface area contributed by atoms with Crippen LogP contribution in [0.15, 0.2) is 60.8 Å². The molecule has 0 fully saturated rings. The molecule has 4 rings (SSSR count). The number of anilines is 2. The highest BCUT2D eigenvalue weighted by Crippen LogP contribution is 2.45. The van der Waals surface area contributed by atoms with Gasteiger partial charge in [0, 0.05) is 49.9 Å².